The fourth-order valence-corrected chi connectivity index (χ4v) is 7.15. The van der Waals surface area contributed by atoms with E-state index in [1.807, 2.05) is 66.7 Å². The van der Waals surface area contributed by atoms with Crippen LogP contribution in [0.4, 0.5) is 5.69 Å². The fraction of sp³-hybridized carbons (Fsp3) is 0.447. The number of nitrogens with zero attached hydrogens (tertiary/aromatic N) is 2. The standard InChI is InChI=1S/C38H46N4O7/c1-25-33(22-41-19-17-38(18-20-41)37(46)40-24-42(38)32-7-5-4-6-8-32)48-36(49-34(25)30-13-11-29(23-43)12-14-30)31-15-9-28(10-16-31)21-39-35(45)26(2)47-27(3)44/h4-16,25-26,33-34,36,43H,17-24H2,1-3H3,(H,39,45)(H,40,46)/t25-,26+,33+,34+,36+/m1/s1. The molecule has 2 amide bonds. The van der Waals surface area contributed by atoms with Gasteiger partial charge in [0.05, 0.1) is 25.5 Å². The van der Waals surface area contributed by atoms with Crippen molar-refractivity contribution < 1.29 is 33.7 Å². The molecule has 0 aromatic heterocycles. The van der Waals surface area contributed by atoms with Crippen molar-refractivity contribution in [2.24, 2.45) is 5.92 Å². The number of aliphatic hydroxyl groups is 1. The lowest BCUT2D eigenvalue weighted by Crippen LogP contribution is -2.57. The molecule has 0 saturated carbocycles. The van der Waals surface area contributed by atoms with Gasteiger partial charge in [0, 0.05) is 50.3 Å². The summed E-state index contributed by atoms with van der Waals surface area (Å²) in [5.74, 6) is -0.749. The highest BCUT2D eigenvalue weighted by Crippen LogP contribution is 2.43. The minimum absolute atomic E-state index is 0.0245. The number of hydrogen-bond acceptors (Lipinski definition) is 9. The molecule has 1 spiro atoms. The summed E-state index contributed by atoms with van der Waals surface area (Å²) in [5.41, 5.74) is 4.09. The van der Waals surface area contributed by atoms with Crippen LogP contribution >= 0.6 is 0 Å². The largest absolute Gasteiger partial charge is 0.453 e. The minimum atomic E-state index is -0.869. The first-order chi connectivity index (χ1) is 23.7. The van der Waals surface area contributed by atoms with E-state index >= 15 is 0 Å². The normalized spacial score (nSPS) is 24.3. The molecule has 3 aliphatic rings. The van der Waals surface area contributed by atoms with E-state index in [4.69, 9.17) is 14.2 Å². The van der Waals surface area contributed by atoms with Crippen molar-refractivity contribution in [3.05, 3.63) is 101 Å². The third-order valence-electron chi connectivity index (χ3n) is 10.1. The molecular weight excluding hydrogens is 624 g/mol. The second kappa shape index (κ2) is 15.1. The summed E-state index contributed by atoms with van der Waals surface area (Å²) < 4.78 is 18.3. The number of esters is 1. The zero-order valence-electron chi connectivity index (χ0n) is 28.3. The average molecular weight is 671 g/mol. The topological polar surface area (TPSA) is 130 Å². The predicted molar refractivity (Wildman–Crippen MR) is 183 cm³/mol. The molecule has 3 aliphatic heterocycles. The number of hydrogen-bond donors (Lipinski definition) is 3. The van der Waals surface area contributed by atoms with Gasteiger partial charge in [-0.25, -0.2) is 0 Å². The molecule has 0 bridgehead atoms. The van der Waals surface area contributed by atoms with Gasteiger partial charge in [0.2, 0.25) is 5.91 Å². The van der Waals surface area contributed by atoms with Crippen LogP contribution in [0.15, 0.2) is 78.9 Å². The molecule has 0 aliphatic carbocycles. The Labute approximate surface area is 287 Å². The van der Waals surface area contributed by atoms with Crippen molar-refractivity contribution in [1.82, 2.24) is 15.5 Å². The molecule has 11 nitrogen and oxygen atoms in total. The van der Waals surface area contributed by atoms with Gasteiger partial charge in [-0.3, -0.25) is 14.4 Å². The number of aliphatic hydroxyl groups excluding tert-OH is 1. The minimum Gasteiger partial charge on any atom is -0.453 e. The molecule has 0 unspecified atom stereocenters. The Morgan fingerprint density at radius 1 is 0.980 bits per heavy atom. The average Bonchev–Trinajstić information content (AvgIpc) is 3.43. The molecule has 260 valence electrons. The quantitative estimate of drug-likeness (QED) is 0.275. The number of nitrogens with one attached hydrogen (secondary N) is 2. The van der Waals surface area contributed by atoms with Gasteiger partial charge in [-0.1, -0.05) is 73.7 Å². The number of ether oxygens (including phenoxy) is 3. The summed E-state index contributed by atoms with van der Waals surface area (Å²) in [6, 6.07) is 25.7. The van der Waals surface area contributed by atoms with Gasteiger partial charge in [-0.15, -0.1) is 0 Å². The number of benzene rings is 3. The van der Waals surface area contributed by atoms with Crippen LogP contribution in [0, 0.1) is 5.92 Å². The lowest BCUT2D eigenvalue weighted by Gasteiger charge is -2.46. The molecule has 0 radical (unpaired) electrons. The molecule has 3 fully saturated rings. The Hall–Kier alpha value is -4.29. The van der Waals surface area contributed by atoms with E-state index in [0.717, 1.165) is 53.9 Å². The molecule has 11 heteroatoms. The van der Waals surface area contributed by atoms with Crippen LogP contribution in [0.5, 0.6) is 0 Å². The van der Waals surface area contributed by atoms with E-state index in [1.54, 1.807) is 0 Å². The Kier molecular flexibility index (Phi) is 10.6. The summed E-state index contributed by atoms with van der Waals surface area (Å²) in [6.07, 6.45) is -0.451. The third-order valence-corrected chi connectivity index (χ3v) is 10.1. The van der Waals surface area contributed by atoms with Gasteiger partial charge in [-0.05, 0) is 48.6 Å². The monoisotopic (exact) mass is 670 g/mol. The van der Waals surface area contributed by atoms with E-state index in [-0.39, 0.29) is 43.1 Å². The van der Waals surface area contributed by atoms with E-state index in [2.05, 4.69) is 39.5 Å². The Morgan fingerprint density at radius 3 is 2.29 bits per heavy atom. The van der Waals surface area contributed by atoms with Gasteiger partial charge >= 0.3 is 5.97 Å². The van der Waals surface area contributed by atoms with Gasteiger partial charge in [0.1, 0.15) is 5.54 Å². The van der Waals surface area contributed by atoms with Crippen molar-refractivity contribution in [3.8, 4) is 0 Å². The maximum Gasteiger partial charge on any atom is 0.303 e. The second-order valence-electron chi connectivity index (χ2n) is 13.3. The maximum atomic E-state index is 13.2. The van der Waals surface area contributed by atoms with E-state index in [9.17, 15) is 19.5 Å². The zero-order chi connectivity index (χ0) is 34.5. The third kappa shape index (κ3) is 7.65. The number of likely N-dealkylation sites (tertiary alicyclic amines) is 1. The fourth-order valence-electron chi connectivity index (χ4n) is 7.15. The first kappa shape index (κ1) is 34.6. The Bertz CT molecular complexity index is 1590. The number of rotatable bonds is 10. The molecule has 5 atom stereocenters. The SMILES string of the molecule is CC(=O)O[C@@H](C)C(=O)NCc1ccc([C@H]2O[C@@H](CN3CCC4(CC3)C(=O)NCN4c3ccccc3)[C@@H](C)[C@@H](c3ccc(CO)cc3)O2)cc1. The van der Waals surface area contributed by atoms with Crippen molar-refractivity contribution in [3.63, 3.8) is 0 Å². The maximum absolute atomic E-state index is 13.2. The van der Waals surface area contributed by atoms with E-state index < -0.39 is 23.9 Å². The van der Waals surface area contributed by atoms with Crippen LogP contribution in [-0.2, 0) is 41.7 Å². The number of carbonyl (C=O) groups excluding carboxylic acids is 3. The van der Waals surface area contributed by atoms with Crippen LogP contribution in [0.3, 0.4) is 0 Å². The Morgan fingerprint density at radius 2 is 1.63 bits per heavy atom. The van der Waals surface area contributed by atoms with E-state index in [0.29, 0.717) is 13.2 Å². The lowest BCUT2D eigenvalue weighted by molar-refractivity contribution is -0.276. The summed E-state index contributed by atoms with van der Waals surface area (Å²) >= 11 is 0. The molecular formula is C38H46N4O7. The predicted octanol–water partition coefficient (Wildman–Crippen LogP) is 3.97. The van der Waals surface area contributed by atoms with Crippen LogP contribution in [-0.4, -0.2) is 71.8 Å². The van der Waals surface area contributed by atoms with Crippen molar-refractivity contribution in [2.45, 2.75) is 76.9 Å². The highest BCUT2D eigenvalue weighted by Gasteiger charge is 2.51. The number of para-hydroxylation sites is 1. The molecule has 6 rings (SSSR count). The smallest absolute Gasteiger partial charge is 0.303 e. The van der Waals surface area contributed by atoms with Crippen molar-refractivity contribution >= 4 is 23.5 Å². The summed E-state index contributed by atoms with van der Waals surface area (Å²) in [7, 11) is 0. The molecule has 3 aromatic rings. The van der Waals surface area contributed by atoms with Gasteiger partial charge in [0.25, 0.3) is 5.91 Å². The molecule has 49 heavy (non-hydrogen) atoms. The zero-order valence-corrected chi connectivity index (χ0v) is 28.3. The number of carbonyl (C=O) groups is 3. The lowest BCUT2D eigenvalue weighted by atomic mass is 9.84. The highest BCUT2D eigenvalue weighted by molar-refractivity contribution is 5.93. The first-order valence-corrected chi connectivity index (χ1v) is 17.0. The van der Waals surface area contributed by atoms with Crippen LogP contribution in [0.1, 0.15) is 68.3 Å². The van der Waals surface area contributed by atoms with Crippen molar-refractivity contribution in [1.29, 1.82) is 0 Å². The number of anilines is 1. The Balaban J connectivity index is 1.15. The van der Waals surface area contributed by atoms with Crippen molar-refractivity contribution in [2.75, 3.05) is 31.2 Å². The molecule has 3 aromatic carbocycles. The summed E-state index contributed by atoms with van der Waals surface area (Å²) in [5, 5.41) is 15.5. The van der Waals surface area contributed by atoms with Crippen LogP contribution < -0.4 is 15.5 Å². The molecule has 3 heterocycles. The molecule has 3 saturated heterocycles. The summed E-state index contributed by atoms with van der Waals surface area (Å²) in [6.45, 7) is 7.96. The second-order valence-corrected chi connectivity index (χ2v) is 13.3. The number of amides is 2. The van der Waals surface area contributed by atoms with Crippen LogP contribution in [0.25, 0.3) is 0 Å². The molecule has 3 N–H and O–H groups in total. The van der Waals surface area contributed by atoms with Gasteiger partial charge < -0.3 is 39.8 Å². The van der Waals surface area contributed by atoms with Gasteiger partial charge in [-0.2, -0.15) is 0 Å². The van der Waals surface area contributed by atoms with Gasteiger partial charge in [0.15, 0.2) is 12.4 Å². The van der Waals surface area contributed by atoms with Crippen LogP contribution in [0.2, 0.25) is 0 Å². The first-order valence-electron chi connectivity index (χ1n) is 17.0. The summed E-state index contributed by atoms with van der Waals surface area (Å²) in [4.78, 5) is 41.3. The highest BCUT2D eigenvalue weighted by atomic mass is 16.7. The van der Waals surface area contributed by atoms with E-state index in [1.165, 1.54) is 13.8 Å². The number of piperidine rings is 1.